The molecule has 6 heteroatoms. The van der Waals surface area contributed by atoms with Crippen LogP contribution in [-0.2, 0) is 0 Å². The van der Waals surface area contributed by atoms with Crippen LogP contribution in [0.2, 0.25) is 0 Å². The number of aryl methyl sites for hydroxylation is 1. The lowest BCUT2D eigenvalue weighted by molar-refractivity contribution is 0.0935. The Labute approximate surface area is 134 Å². The number of oxazole rings is 1. The van der Waals surface area contributed by atoms with E-state index in [1.165, 1.54) is 6.42 Å². The molecular formula is C16H21N3O2S. The lowest BCUT2D eigenvalue weighted by Crippen LogP contribution is -2.40. The number of likely N-dealkylation sites (tertiary alicyclic amines) is 1. The van der Waals surface area contributed by atoms with Gasteiger partial charge in [-0.05, 0) is 44.3 Å². The molecule has 0 aromatic carbocycles. The molecule has 1 aliphatic rings. The van der Waals surface area contributed by atoms with E-state index in [1.54, 1.807) is 18.3 Å². The van der Waals surface area contributed by atoms with E-state index in [1.807, 2.05) is 17.5 Å². The molecule has 2 aromatic heterocycles. The normalized spacial score (nSPS) is 18.7. The van der Waals surface area contributed by atoms with Crippen LogP contribution in [0.25, 0.3) is 10.8 Å². The number of hydrogen-bond donors (Lipinski definition) is 1. The molecular weight excluding hydrogens is 298 g/mol. The number of hydrogen-bond acceptors (Lipinski definition) is 5. The molecule has 0 radical (unpaired) electrons. The van der Waals surface area contributed by atoms with E-state index >= 15 is 0 Å². The molecule has 2 aromatic rings. The molecule has 5 nitrogen and oxygen atoms in total. The van der Waals surface area contributed by atoms with Crippen molar-refractivity contribution in [3.63, 3.8) is 0 Å². The van der Waals surface area contributed by atoms with Crippen LogP contribution in [-0.4, -0.2) is 41.5 Å². The number of aromatic nitrogens is 1. The largest absolute Gasteiger partial charge is 0.440 e. The number of likely N-dealkylation sites (N-methyl/N-ethyl adjacent to an activating group) is 1. The molecule has 0 spiro atoms. The summed E-state index contributed by atoms with van der Waals surface area (Å²) in [6.45, 7) is 6.78. The highest BCUT2D eigenvalue weighted by Gasteiger charge is 2.25. The molecule has 1 amide bonds. The van der Waals surface area contributed by atoms with E-state index in [-0.39, 0.29) is 5.91 Å². The fourth-order valence-corrected chi connectivity index (χ4v) is 3.60. The van der Waals surface area contributed by atoms with E-state index in [0.717, 1.165) is 24.4 Å². The molecule has 1 fully saturated rings. The highest BCUT2D eigenvalue weighted by Crippen LogP contribution is 2.25. The highest BCUT2D eigenvalue weighted by molar-refractivity contribution is 7.13. The molecule has 118 valence electrons. The molecule has 1 saturated heterocycles. The predicted octanol–water partition coefficient (Wildman–Crippen LogP) is 2.93. The third kappa shape index (κ3) is 3.08. The number of carbonyl (C=O) groups is 1. The van der Waals surface area contributed by atoms with Crippen LogP contribution in [0.3, 0.4) is 0 Å². The monoisotopic (exact) mass is 319 g/mol. The average molecular weight is 319 g/mol. The summed E-state index contributed by atoms with van der Waals surface area (Å²) in [4.78, 5) is 20.1. The van der Waals surface area contributed by atoms with Gasteiger partial charge in [-0.15, -0.1) is 11.3 Å². The molecule has 3 heterocycles. The smallest absolute Gasteiger partial charge is 0.273 e. The SMILES string of the molecule is CCN1CCC[C@H]1CNC(=O)c1nc(-c2cccs2)oc1C. The first-order valence-corrected chi connectivity index (χ1v) is 8.60. The minimum absolute atomic E-state index is 0.146. The predicted molar refractivity (Wildman–Crippen MR) is 87.2 cm³/mol. The highest BCUT2D eigenvalue weighted by atomic mass is 32.1. The van der Waals surface area contributed by atoms with Gasteiger partial charge in [-0.25, -0.2) is 4.98 Å². The van der Waals surface area contributed by atoms with Crippen molar-refractivity contribution in [2.24, 2.45) is 0 Å². The van der Waals surface area contributed by atoms with Gasteiger partial charge in [0.05, 0.1) is 4.88 Å². The second-order valence-electron chi connectivity index (χ2n) is 5.54. The van der Waals surface area contributed by atoms with Crippen molar-refractivity contribution in [1.82, 2.24) is 15.2 Å². The summed E-state index contributed by atoms with van der Waals surface area (Å²) in [5, 5.41) is 4.97. The summed E-state index contributed by atoms with van der Waals surface area (Å²) in [6.07, 6.45) is 2.35. The second-order valence-corrected chi connectivity index (χ2v) is 6.48. The van der Waals surface area contributed by atoms with Gasteiger partial charge in [-0.2, -0.15) is 0 Å². The van der Waals surface area contributed by atoms with Gasteiger partial charge in [0.25, 0.3) is 5.91 Å². The van der Waals surface area contributed by atoms with E-state index < -0.39 is 0 Å². The summed E-state index contributed by atoms with van der Waals surface area (Å²) in [7, 11) is 0. The maximum absolute atomic E-state index is 12.4. The van der Waals surface area contributed by atoms with Crippen LogP contribution in [0, 0.1) is 6.92 Å². The number of rotatable bonds is 5. The molecule has 1 N–H and O–H groups in total. The third-order valence-corrected chi connectivity index (χ3v) is 5.00. The first-order valence-electron chi connectivity index (χ1n) is 7.72. The van der Waals surface area contributed by atoms with Crippen LogP contribution in [0.5, 0.6) is 0 Å². The molecule has 22 heavy (non-hydrogen) atoms. The lowest BCUT2D eigenvalue weighted by atomic mass is 10.2. The van der Waals surface area contributed by atoms with E-state index in [4.69, 9.17) is 4.42 Å². The summed E-state index contributed by atoms with van der Waals surface area (Å²) in [5.74, 6) is 0.945. The first kappa shape index (κ1) is 15.2. The van der Waals surface area contributed by atoms with Gasteiger partial charge < -0.3 is 9.73 Å². The molecule has 0 bridgehead atoms. The maximum atomic E-state index is 12.4. The van der Waals surface area contributed by atoms with Crippen molar-refractivity contribution >= 4 is 17.2 Å². The summed E-state index contributed by atoms with van der Waals surface area (Å²) < 4.78 is 5.62. The Morgan fingerprint density at radius 1 is 1.59 bits per heavy atom. The van der Waals surface area contributed by atoms with E-state index in [9.17, 15) is 4.79 Å². The Morgan fingerprint density at radius 3 is 3.18 bits per heavy atom. The minimum Gasteiger partial charge on any atom is -0.440 e. The quantitative estimate of drug-likeness (QED) is 0.920. The van der Waals surface area contributed by atoms with E-state index in [2.05, 4.69) is 22.1 Å². The number of carbonyl (C=O) groups excluding carboxylic acids is 1. The van der Waals surface area contributed by atoms with Crippen molar-refractivity contribution in [2.75, 3.05) is 19.6 Å². The van der Waals surface area contributed by atoms with Crippen molar-refractivity contribution in [1.29, 1.82) is 0 Å². The van der Waals surface area contributed by atoms with Gasteiger partial charge in [0.2, 0.25) is 5.89 Å². The topological polar surface area (TPSA) is 58.4 Å². The van der Waals surface area contributed by atoms with Gasteiger partial charge in [-0.3, -0.25) is 9.69 Å². The fraction of sp³-hybridized carbons (Fsp3) is 0.500. The second kappa shape index (κ2) is 6.62. The van der Waals surface area contributed by atoms with Crippen molar-refractivity contribution < 1.29 is 9.21 Å². The lowest BCUT2D eigenvalue weighted by Gasteiger charge is -2.22. The number of nitrogens with one attached hydrogen (secondary N) is 1. The van der Waals surface area contributed by atoms with Crippen molar-refractivity contribution in [3.05, 3.63) is 29.0 Å². The Balaban J connectivity index is 1.65. The number of amides is 1. The molecule has 0 saturated carbocycles. The molecule has 3 rings (SSSR count). The standard InChI is InChI=1S/C16H21N3O2S/c1-3-19-8-4-6-12(19)10-17-15(20)14-11(2)21-16(18-14)13-7-5-9-22-13/h5,7,9,12H,3-4,6,8,10H2,1-2H3,(H,17,20)/t12-/m0/s1. The van der Waals surface area contributed by atoms with Crippen LogP contribution < -0.4 is 5.32 Å². The molecule has 0 aliphatic carbocycles. The Bertz CT molecular complexity index is 636. The van der Waals surface area contributed by atoms with Gasteiger partial charge in [0, 0.05) is 12.6 Å². The van der Waals surface area contributed by atoms with Crippen molar-refractivity contribution in [2.45, 2.75) is 32.7 Å². The maximum Gasteiger partial charge on any atom is 0.273 e. The van der Waals surface area contributed by atoms with Gasteiger partial charge in [-0.1, -0.05) is 13.0 Å². The fourth-order valence-electron chi connectivity index (χ4n) is 2.95. The zero-order chi connectivity index (χ0) is 15.5. The minimum atomic E-state index is -0.146. The van der Waals surface area contributed by atoms with Crippen LogP contribution in [0.15, 0.2) is 21.9 Å². The molecule has 1 atom stereocenters. The third-order valence-electron chi connectivity index (χ3n) is 4.15. The summed E-state index contributed by atoms with van der Waals surface area (Å²) in [6, 6.07) is 4.33. The van der Waals surface area contributed by atoms with Gasteiger partial charge in [0.1, 0.15) is 5.76 Å². The van der Waals surface area contributed by atoms with Crippen LogP contribution >= 0.6 is 11.3 Å². The zero-order valence-electron chi connectivity index (χ0n) is 13.0. The van der Waals surface area contributed by atoms with E-state index in [0.29, 0.717) is 29.9 Å². The first-order chi connectivity index (χ1) is 10.7. The summed E-state index contributed by atoms with van der Waals surface area (Å²) >= 11 is 1.55. The molecule has 0 unspecified atom stereocenters. The Hall–Kier alpha value is -1.66. The zero-order valence-corrected chi connectivity index (χ0v) is 13.8. The van der Waals surface area contributed by atoms with Gasteiger partial charge >= 0.3 is 0 Å². The van der Waals surface area contributed by atoms with Crippen LogP contribution in [0.4, 0.5) is 0 Å². The molecule has 1 aliphatic heterocycles. The van der Waals surface area contributed by atoms with Crippen molar-refractivity contribution in [3.8, 4) is 10.8 Å². The van der Waals surface area contributed by atoms with Gasteiger partial charge in [0.15, 0.2) is 5.69 Å². The number of nitrogens with zero attached hydrogens (tertiary/aromatic N) is 2. The average Bonchev–Trinajstić information content (AvgIpc) is 3.24. The van der Waals surface area contributed by atoms with Crippen LogP contribution in [0.1, 0.15) is 36.0 Å². The number of thiophene rings is 1. The Kier molecular flexibility index (Phi) is 4.59. The Morgan fingerprint density at radius 2 is 2.45 bits per heavy atom. The summed E-state index contributed by atoms with van der Waals surface area (Å²) in [5.41, 5.74) is 0.393.